The van der Waals surface area contributed by atoms with Crippen LogP contribution >= 0.6 is 15.7 Å². The quantitative estimate of drug-likeness (QED) is 0.510. The first-order chi connectivity index (χ1) is 4.71. The van der Waals surface area contributed by atoms with E-state index in [-0.39, 0.29) is 4.86 Å². The summed E-state index contributed by atoms with van der Waals surface area (Å²) in [7, 11) is -11.5. The average Bonchev–Trinajstić information content (AvgIpc) is 1.60. The zero-order valence-electron chi connectivity index (χ0n) is 5.79. The van der Waals surface area contributed by atoms with Crippen molar-refractivity contribution in [1.82, 2.24) is 4.86 Å². The molecule has 2 N–H and O–H groups in total. The molecule has 0 heterocycles. The fourth-order valence-electron chi connectivity index (χ4n) is 0.144. The molecule has 0 spiro atoms. The Morgan fingerprint density at radius 2 is 1.45 bits per heavy atom. The molecular formula is H2F3Li2NO3P2. The summed E-state index contributed by atoms with van der Waals surface area (Å²) in [6.45, 7) is 0. The van der Waals surface area contributed by atoms with Gasteiger partial charge in [-0.1, -0.05) is 0 Å². The summed E-state index contributed by atoms with van der Waals surface area (Å²) in [6.07, 6.45) is 0. The zero-order valence-corrected chi connectivity index (χ0v) is 7.58. The van der Waals surface area contributed by atoms with Gasteiger partial charge in [0.15, 0.2) is 0 Å². The summed E-state index contributed by atoms with van der Waals surface area (Å²) in [5.41, 5.74) is 0. The summed E-state index contributed by atoms with van der Waals surface area (Å²) in [5.74, 6) is 0. The van der Waals surface area contributed by atoms with E-state index in [1.807, 2.05) is 30.8 Å². The molecule has 4 nitrogen and oxygen atoms in total. The van der Waals surface area contributed by atoms with Crippen molar-refractivity contribution in [2.45, 2.75) is 0 Å². The number of rotatable bonds is 2. The van der Waals surface area contributed by atoms with Gasteiger partial charge in [-0.3, -0.25) is 0 Å². The van der Waals surface area contributed by atoms with Crippen molar-refractivity contribution in [3.05, 3.63) is 0 Å². The Bertz CT molecular complexity index is 165. The van der Waals surface area contributed by atoms with Crippen LogP contribution in [0, 0.1) is 0 Å². The first-order valence-corrected chi connectivity index (χ1v) is 5.56. The summed E-state index contributed by atoms with van der Waals surface area (Å²) in [5, 5.41) is 0. The van der Waals surface area contributed by atoms with Gasteiger partial charge in [0.1, 0.15) is 0 Å². The maximum absolute atomic E-state index is 11.2. The number of hydrogen-bond acceptors (Lipinski definition) is 2. The van der Waals surface area contributed by atoms with Gasteiger partial charge in [-0.15, -0.1) is 17.4 Å². The minimum atomic E-state index is -5.93. The summed E-state index contributed by atoms with van der Waals surface area (Å²) >= 11 is 4.00. The summed E-state index contributed by atoms with van der Waals surface area (Å²) in [6, 6.07) is 0. The van der Waals surface area contributed by atoms with Crippen LogP contribution in [0.2, 0.25) is 0 Å². The van der Waals surface area contributed by atoms with Crippen LogP contribution in [0.5, 0.6) is 0 Å². The molecule has 0 fully saturated rings. The second-order valence-electron chi connectivity index (χ2n) is 1.06. The molecule has 0 radical (unpaired) electrons. The Balaban J connectivity index is 0. The maximum atomic E-state index is 11.2. The second-order valence-corrected chi connectivity index (χ2v) is 3.79. The number of nitrogens with one attached hydrogen (secondary N) is 1. The van der Waals surface area contributed by atoms with Crippen molar-refractivity contribution >= 4 is 46.5 Å². The Morgan fingerprint density at radius 1 is 1.18 bits per heavy atom. The normalized spacial score (nSPS) is 16.4. The van der Waals surface area contributed by atoms with Crippen LogP contribution in [0.3, 0.4) is 0 Å². The molecular weight excluding hydrogens is 195 g/mol. The topological polar surface area (TPSA) is 66.4 Å². The molecule has 11 heteroatoms. The van der Waals surface area contributed by atoms with E-state index in [1.165, 1.54) is 0 Å². The predicted octanol–water partition coefficient (Wildman–Crippen LogP) is 0.931. The van der Waals surface area contributed by atoms with Crippen molar-refractivity contribution in [2.24, 2.45) is 0 Å². The van der Waals surface area contributed by atoms with E-state index in [1.54, 1.807) is 0 Å². The van der Waals surface area contributed by atoms with Gasteiger partial charge >= 0.3 is 46.5 Å². The Hall–Kier alpha value is 1.36. The number of halogens is 3. The third-order valence-corrected chi connectivity index (χ3v) is 2.16. The molecule has 0 aliphatic heterocycles. The van der Waals surface area contributed by atoms with Crippen LogP contribution in [0.4, 0.5) is 12.6 Å². The Labute approximate surface area is 78.0 Å². The van der Waals surface area contributed by atoms with Gasteiger partial charge in [-0.25, -0.2) is 9.13 Å². The van der Waals surface area contributed by atoms with Crippen molar-refractivity contribution < 1.29 is 26.6 Å². The fraction of sp³-hybridized carbons (Fsp3) is 0. The molecule has 0 rings (SSSR count). The van der Waals surface area contributed by atoms with Crippen LogP contribution in [0.25, 0.3) is 0 Å². The van der Waals surface area contributed by atoms with E-state index < -0.39 is 15.7 Å². The third-order valence-electron chi connectivity index (χ3n) is 0.240. The number of hydrogen-bond donors (Lipinski definition) is 2. The minimum absolute atomic E-state index is 0.125. The van der Waals surface area contributed by atoms with Crippen LogP contribution in [-0.4, -0.2) is 35.7 Å². The van der Waals surface area contributed by atoms with E-state index in [4.69, 9.17) is 4.89 Å². The van der Waals surface area contributed by atoms with Crippen LogP contribution < -0.4 is 4.86 Å². The van der Waals surface area contributed by atoms with Gasteiger partial charge in [0.25, 0.3) is 0 Å². The SMILES string of the molecule is O=P(O)(F)NP(=O)(F)F.[Li][Li]. The molecule has 1 atom stereocenters. The molecule has 58 valence electrons. The molecule has 0 saturated heterocycles. The van der Waals surface area contributed by atoms with Gasteiger partial charge in [-0.05, 0) is 0 Å². The Morgan fingerprint density at radius 3 is 1.45 bits per heavy atom. The van der Waals surface area contributed by atoms with E-state index in [9.17, 15) is 21.7 Å². The first-order valence-electron chi connectivity index (χ1n) is 2.52. The molecule has 11 heavy (non-hydrogen) atoms. The van der Waals surface area contributed by atoms with Crippen molar-refractivity contribution in [1.29, 1.82) is 0 Å². The van der Waals surface area contributed by atoms with Crippen molar-refractivity contribution in [3.8, 4) is 0 Å². The van der Waals surface area contributed by atoms with Crippen LogP contribution in [-0.2, 0) is 9.13 Å². The average molecular weight is 197 g/mol. The molecule has 0 aromatic heterocycles. The molecule has 0 amide bonds. The fourth-order valence-corrected chi connectivity index (χ4v) is 1.29. The second kappa shape index (κ2) is 5.92. The first kappa shape index (κ1) is 14.9. The van der Waals surface area contributed by atoms with Crippen molar-refractivity contribution in [2.75, 3.05) is 0 Å². The summed E-state index contributed by atoms with van der Waals surface area (Å²) in [4.78, 5) is 7.60. The third kappa shape index (κ3) is 18.4. The van der Waals surface area contributed by atoms with E-state index in [2.05, 4.69) is 0 Å². The molecule has 0 saturated carbocycles. The van der Waals surface area contributed by atoms with Gasteiger partial charge in [0.05, 0.1) is 0 Å². The zero-order chi connectivity index (χ0) is 9.71. The van der Waals surface area contributed by atoms with E-state index in [0.717, 1.165) is 0 Å². The van der Waals surface area contributed by atoms with E-state index >= 15 is 0 Å². The molecule has 0 aromatic rings. The van der Waals surface area contributed by atoms with Crippen LogP contribution in [0.1, 0.15) is 0 Å². The predicted molar refractivity (Wildman–Crippen MR) is 35.4 cm³/mol. The molecule has 0 aliphatic rings. The molecule has 0 aromatic carbocycles. The van der Waals surface area contributed by atoms with Gasteiger partial charge in [-0.2, -0.15) is 0 Å². The van der Waals surface area contributed by atoms with Gasteiger partial charge < -0.3 is 4.89 Å². The Kier molecular flexibility index (Phi) is 8.00. The van der Waals surface area contributed by atoms with Crippen molar-refractivity contribution in [3.63, 3.8) is 0 Å². The van der Waals surface area contributed by atoms with Gasteiger partial charge in [0, 0.05) is 0 Å². The molecule has 0 aliphatic carbocycles. The summed E-state index contributed by atoms with van der Waals surface area (Å²) < 4.78 is 52.0. The molecule has 1 unspecified atom stereocenters. The van der Waals surface area contributed by atoms with Gasteiger partial charge in [0.2, 0.25) is 0 Å². The standard InChI is InChI=1S/F3H2NO3P2.2Li/c1-8(2,5)4-9(3,6)7;;/h(H2,4,5,6,7);;. The monoisotopic (exact) mass is 197 g/mol. The molecule has 0 bridgehead atoms. The van der Waals surface area contributed by atoms with E-state index in [0.29, 0.717) is 0 Å². The van der Waals surface area contributed by atoms with Crippen LogP contribution in [0.15, 0.2) is 0 Å².